The zero-order valence-electron chi connectivity index (χ0n) is 10.8. The fraction of sp³-hybridized carbons (Fsp3) is 0.462. The SMILES string of the molecule is CC(C)(C)CCOc1ccc(F)c(N)c1C(=O)O. The molecule has 0 unspecified atom stereocenters. The maximum atomic E-state index is 13.2. The van der Waals surface area contributed by atoms with Crippen molar-refractivity contribution in [2.24, 2.45) is 5.41 Å². The summed E-state index contributed by atoms with van der Waals surface area (Å²) in [7, 11) is 0. The van der Waals surface area contributed by atoms with Gasteiger partial charge in [0.1, 0.15) is 17.1 Å². The van der Waals surface area contributed by atoms with Crippen LogP contribution in [-0.2, 0) is 0 Å². The van der Waals surface area contributed by atoms with Crippen molar-refractivity contribution in [2.75, 3.05) is 12.3 Å². The first-order valence-electron chi connectivity index (χ1n) is 5.66. The van der Waals surface area contributed by atoms with Gasteiger partial charge in [-0.05, 0) is 24.0 Å². The molecule has 0 aliphatic heterocycles. The number of carboxylic acid groups (broad SMARTS) is 1. The summed E-state index contributed by atoms with van der Waals surface area (Å²) < 4.78 is 18.6. The van der Waals surface area contributed by atoms with Crippen LogP contribution in [0, 0.1) is 11.2 Å². The molecule has 0 heterocycles. The Morgan fingerprint density at radius 2 is 2.06 bits per heavy atom. The van der Waals surface area contributed by atoms with Crippen molar-refractivity contribution in [2.45, 2.75) is 27.2 Å². The fourth-order valence-electron chi connectivity index (χ4n) is 1.38. The Hall–Kier alpha value is -1.78. The predicted molar refractivity (Wildman–Crippen MR) is 67.3 cm³/mol. The summed E-state index contributed by atoms with van der Waals surface area (Å²) in [5, 5.41) is 9.00. The lowest BCUT2D eigenvalue weighted by molar-refractivity contribution is 0.0692. The lowest BCUT2D eigenvalue weighted by Crippen LogP contribution is -2.13. The molecule has 5 heteroatoms. The number of anilines is 1. The number of benzene rings is 1. The van der Waals surface area contributed by atoms with Gasteiger partial charge in [0.15, 0.2) is 0 Å². The quantitative estimate of drug-likeness (QED) is 0.811. The van der Waals surface area contributed by atoms with E-state index in [1.807, 2.05) is 20.8 Å². The molecule has 1 aromatic carbocycles. The third-order valence-corrected chi connectivity index (χ3v) is 2.48. The zero-order chi connectivity index (χ0) is 13.9. The summed E-state index contributed by atoms with van der Waals surface area (Å²) in [4.78, 5) is 11.0. The Balaban J connectivity index is 2.89. The standard InChI is InChI=1S/C13H18FNO3/c1-13(2,3)6-7-18-9-5-4-8(14)11(15)10(9)12(16)17/h4-5H,6-7,15H2,1-3H3,(H,16,17). The van der Waals surface area contributed by atoms with Gasteiger partial charge in [-0.15, -0.1) is 0 Å². The van der Waals surface area contributed by atoms with Gasteiger partial charge >= 0.3 is 5.97 Å². The van der Waals surface area contributed by atoms with E-state index in [0.29, 0.717) is 6.61 Å². The molecule has 1 rings (SSSR count). The highest BCUT2D eigenvalue weighted by Gasteiger charge is 2.19. The molecule has 0 radical (unpaired) electrons. The number of carboxylic acids is 1. The van der Waals surface area contributed by atoms with E-state index >= 15 is 0 Å². The first-order valence-corrected chi connectivity index (χ1v) is 5.66. The molecule has 0 saturated carbocycles. The molecule has 0 saturated heterocycles. The number of aromatic carboxylic acids is 1. The average Bonchev–Trinajstić information content (AvgIpc) is 2.21. The molecular formula is C13H18FNO3. The number of nitrogen functional groups attached to an aromatic ring is 1. The highest BCUT2D eigenvalue weighted by Crippen LogP contribution is 2.28. The molecule has 0 aliphatic rings. The van der Waals surface area contributed by atoms with Crippen LogP contribution in [0.3, 0.4) is 0 Å². The number of hydrogen-bond donors (Lipinski definition) is 2. The maximum absolute atomic E-state index is 13.2. The van der Waals surface area contributed by atoms with Gasteiger partial charge < -0.3 is 15.6 Å². The third kappa shape index (κ3) is 3.61. The molecule has 0 atom stereocenters. The minimum Gasteiger partial charge on any atom is -0.493 e. The van der Waals surface area contributed by atoms with Crippen molar-refractivity contribution in [1.82, 2.24) is 0 Å². The van der Waals surface area contributed by atoms with Crippen LogP contribution in [0.1, 0.15) is 37.6 Å². The van der Waals surface area contributed by atoms with Crippen LogP contribution in [0.25, 0.3) is 0 Å². The molecule has 0 aliphatic carbocycles. The van der Waals surface area contributed by atoms with Crippen LogP contribution in [0.15, 0.2) is 12.1 Å². The molecule has 0 aromatic heterocycles. The van der Waals surface area contributed by atoms with Gasteiger partial charge in [0.25, 0.3) is 0 Å². The van der Waals surface area contributed by atoms with Gasteiger partial charge in [0, 0.05) is 0 Å². The van der Waals surface area contributed by atoms with Crippen molar-refractivity contribution < 1.29 is 19.0 Å². The predicted octanol–water partition coefficient (Wildman–Crippen LogP) is 2.92. The Morgan fingerprint density at radius 1 is 1.44 bits per heavy atom. The monoisotopic (exact) mass is 255 g/mol. The average molecular weight is 255 g/mol. The number of nitrogens with two attached hydrogens (primary N) is 1. The summed E-state index contributed by atoms with van der Waals surface area (Å²) in [6.07, 6.45) is 0.753. The van der Waals surface area contributed by atoms with Crippen molar-refractivity contribution in [1.29, 1.82) is 0 Å². The Bertz CT molecular complexity index is 452. The first kappa shape index (κ1) is 14.3. The third-order valence-electron chi connectivity index (χ3n) is 2.48. The Labute approximate surface area is 106 Å². The number of hydrogen-bond acceptors (Lipinski definition) is 3. The van der Waals surface area contributed by atoms with Gasteiger partial charge in [0.2, 0.25) is 0 Å². The van der Waals surface area contributed by atoms with Gasteiger partial charge in [-0.2, -0.15) is 0 Å². The molecule has 0 amide bonds. The zero-order valence-corrected chi connectivity index (χ0v) is 10.8. The maximum Gasteiger partial charge on any atom is 0.341 e. The molecule has 1 aromatic rings. The Kier molecular flexibility index (Phi) is 4.16. The summed E-state index contributed by atoms with van der Waals surface area (Å²) in [5.41, 5.74) is 4.78. The van der Waals surface area contributed by atoms with Crippen LogP contribution in [-0.4, -0.2) is 17.7 Å². The molecular weight excluding hydrogens is 237 g/mol. The van der Waals surface area contributed by atoms with Crippen LogP contribution < -0.4 is 10.5 Å². The second-order valence-corrected chi connectivity index (χ2v) is 5.30. The summed E-state index contributed by atoms with van der Waals surface area (Å²) in [6, 6.07) is 2.39. The van der Waals surface area contributed by atoms with E-state index < -0.39 is 17.5 Å². The van der Waals surface area contributed by atoms with Crippen LogP contribution in [0.5, 0.6) is 5.75 Å². The molecule has 0 fully saturated rings. The highest BCUT2D eigenvalue weighted by molar-refractivity contribution is 5.96. The van der Waals surface area contributed by atoms with Crippen molar-refractivity contribution >= 4 is 11.7 Å². The minimum atomic E-state index is -1.29. The van der Waals surface area contributed by atoms with Crippen LogP contribution >= 0.6 is 0 Å². The largest absolute Gasteiger partial charge is 0.493 e. The minimum absolute atomic E-state index is 0.0783. The second kappa shape index (κ2) is 5.25. The molecule has 4 nitrogen and oxygen atoms in total. The smallest absolute Gasteiger partial charge is 0.341 e. The molecule has 0 spiro atoms. The van der Waals surface area contributed by atoms with E-state index in [1.54, 1.807) is 0 Å². The fourth-order valence-corrected chi connectivity index (χ4v) is 1.38. The van der Waals surface area contributed by atoms with Gasteiger partial charge in [0.05, 0.1) is 12.3 Å². The van der Waals surface area contributed by atoms with E-state index in [2.05, 4.69) is 0 Å². The number of halogens is 1. The molecule has 18 heavy (non-hydrogen) atoms. The molecule has 3 N–H and O–H groups in total. The highest BCUT2D eigenvalue weighted by atomic mass is 19.1. The molecule has 0 bridgehead atoms. The normalized spacial score (nSPS) is 11.3. The lowest BCUT2D eigenvalue weighted by Gasteiger charge is -2.19. The first-order chi connectivity index (χ1) is 8.22. The number of carbonyl (C=O) groups is 1. The van der Waals surface area contributed by atoms with Crippen molar-refractivity contribution in [3.05, 3.63) is 23.5 Å². The van der Waals surface area contributed by atoms with Crippen LogP contribution in [0.2, 0.25) is 0 Å². The topological polar surface area (TPSA) is 72.5 Å². The van der Waals surface area contributed by atoms with Crippen molar-refractivity contribution in [3.63, 3.8) is 0 Å². The van der Waals surface area contributed by atoms with E-state index in [9.17, 15) is 9.18 Å². The van der Waals surface area contributed by atoms with E-state index in [0.717, 1.165) is 12.5 Å². The van der Waals surface area contributed by atoms with E-state index in [1.165, 1.54) is 6.07 Å². The van der Waals surface area contributed by atoms with Gasteiger partial charge in [-0.25, -0.2) is 9.18 Å². The second-order valence-electron chi connectivity index (χ2n) is 5.30. The number of ether oxygens (including phenoxy) is 1. The summed E-state index contributed by atoms with van der Waals surface area (Å²) >= 11 is 0. The van der Waals surface area contributed by atoms with Gasteiger partial charge in [-0.1, -0.05) is 20.8 Å². The Morgan fingerprint density at radius 3 is 2.56 bits per heavy atom. The van der Waals surface area contributed by atoms with E-state index in [-0.39, 0.29) is 16.7 Å². The molecule has 100 valence electrons. The lowest BCUT2D eigenvalue weighted by atomic mass is 9.93. The number of rotatable bonds is 4. The summed E-state index contributed by atoms with van der Waals surface area (Å²) in [6.45, 7) is 6.50. The van der Waals surface area contributed by atoms with Crippen molar-refractivity contribution in [3.8, 4) is 5.75 Å². The van der Waals surface area contributed by atoms with Crippen LogP contribution in [0.4, 0.5) is 10.1 Å². The summed E-state index contributed by atoms with van der Waals surface area (Å²) in [5.74, 6) is -1.95. The van der Waals surface area contributed by atoms with E-state index in [4.69, 9.17) is 15.6 Å². The van der Waals surface area contributed by atoms with Gasteiger partial charge in [-0.3, -0.25) is 0 Å².